The molecule has 0 radical (unpaired) electrons. The van der Waals surface area contributed by atoms with Gasteiger partial charge < -0.3 is 19.3 Å². The predicted octanol–water partition coefficient (Wildman–Crippen LogP) is 3.48. The van der Waals surface area contributed by atoms with Gasteiger partial charge in [0, 0.05) is 0 Å². The minimum absolute atomic E-state index is 0.0627. The molecular weight excluding hydrogens is 348 g/mol. The Kier molecular flexibility index (Phi) is 7.82. The lowest BCUT2D eigenvalue weighted by Crippen LogP contribution is -2.10. The Labute approximate surface area is 158 Å². The Morgan fingerprint density at radius 2 is 1.41 bits per heavy atom. The van der Waals surface area contributed by atoms with E-state index in [1.165, 1.54) is 24.3 Å². The highest BCUT2D eigenvalue weighted by Gasteiger charge is 2.11. The van der Waals surface area contributed by atoms with E-state index in [0.29, 0.717) is 35.2 Å². The lowest BCUT2D eigenvalue weighted by atomic mass is 10.1. The van der Waals surface area contributed by atoms with Crippen molar-refractivity contribution in [3.05, 3.63) is 59.7 Å². The fourth-order valence-corrected chi connectivity index (χ4v) is 2.15. The van der Waals surface area contributed by atoms with E-state index in [2.05, 4.69) is 13.8 Å². The lowest BCUT2D eigenvalue weighted by molar-refractivity contribution is 0.0433. The predicted molar refractivity (Wildman–Crippen MR) is 100 cm³/mol. The Hall–Kier alpha value is -2.86. The monoisotopic (exact) mass is 372 g/mol. The van der Waals surface area contributed by atoms with E-state index < -0.39 is 11.9 Å². The Balaban J connectivity index is 1.89. The molecule has 0 aliphatic rings. The molecule has 0 unspecified atom stereocenters. The first-order chi connectivity index (χ1) is 13.0. The molecule has 27 heavy (non-hydrogen) atoms. The smallest absolute Gasteiger partial charge is 0.343 e. The highest BCUT2D eigenvalue weighted by atomic mass is 16.5. The molecular formula is C21H24O6. The maximum absolute atomic E-state index is 12.2. The van der Waals surface area contributed by atoms with Gasteiger partial charge >= 0.3 is 11.9 Å². The molecule has 144 valence electrons. The molecule has 0 saturated heterocycles. The summed E-state index contributed by atoms with van der Waals surface area (Å²) in [4.78, 5) is 23.9. The molecule has 6 nitrogen and oxygen atoms in total. The molecule has 0 aliphatic carbocycles. The summed E-state index contributed by atoms with van der Waals surface area (Å²) in [5.41, 5.74) is 0.712. The summed E-state index contributed by atoms with van der Waals surface area (Å²) in [5.74, 6) is 0.547. The molecule has 0 bridgehead atoms. The molecule has 0 heterocycles. The Bertz CT molecular complexity index is 734. The van der Waals surface area contributed by atoms with Crippen molar-refractivity contribution in [1.82, 2.24) is 0 Å². The van der Waals surface area contributed by atoms with Gasteiger partial charge in [0.15, 0.2) is 0 Å². The molecule has 0 aromatic heterocycles. The van der Waals surface area contributed by atoms with Gasteiger partial charge in [-0.05, 0) is 60.9 Å². The van der Waals surface area contributed by atoms with E-state index in [1.54, 1.807) is 24.3 Å². The number of esters is 2. The zero-order valence-electron chi connectivity index (χ0n) is 15.5. The number of aliphatic hydroxyl groups excluding tert-OH is 1. The molecule has 0 fully saturated rings. The van der Waals surface area contributed by atoms with Crippen LogP contribution in [0.15, 0.2) is 48.5 Å². The maximum atomic E-state index is 12.2. The number of aliphatic hydroxyl groups is 1. The summed E-state index contributed by atoms with van der Waals surface area (Å²) in [6.45, 7) is 4.60. The highest BCUT2D eigenvalue weighted by Crippen LogP contribution is 2.17. The molecule has 2 aromatic carbocycles. The summed E-state index contributed by atoms with van der Waals surface area (Å²) in [6, 6.07) is 12.8. The largest absolute Gasteiger partial charge is 0.494 e. The number of benzene rings is 2. The van der Waals surface area contributed by atoms with Crippen molar-refractivity contribution in [2.75, 3.05) is 19.8 Å². The fourth-order valence-electron chi connectivity index (χ4n) is 2.15. The third kappa shape index (κ3) is 6.75. The lowest BCUT2D eigenvalue weighted by Gasteiger charge is -2.09. The summed E-state index contributed by atoms with van der Waals surface area (Å²) >= 11 is 0. The van der Waals surface area contributed by atoms with Gasteiger partial charge in [-0.25, -0.2) is 9.59 Å². The van der Waals surface area contributed by atoms with E-state index in [-0.39, 0.29) is 13.2 Å². The van der Waals surface area contributed by atoms with Crippen LogP contribution in [0.4, 0.5) is 0 Å². The fraction of sp³-hybridized carbons (Fsp3) is 0.333. The molecule has 0 atom stereocenters. The summed E-state index contributed by atoms with van der Waals surface area (Å²) < 4.78 is 15.7. The number of ether oxygens (including phenoxy) is 3. The van der Waals surface area contributed by atoms with Crippen molar-refractivity contribution in [1.29, 1.82) is 0 Å². The van der Waals surface area contributed by atoms with E-state index in [1.807, 2.05) is 0 Å². The van der Waals surface area contributed by atoms with Crippen LogP contribution in [0.5, 0.6) is 11.5 Å². The van der Waals surface area contributed by atoms with Crippen LogP contribution in [-0.4, -0.2) is 36.9 Å². The minimum atomic E-state index is -0.546. The maximum Gasteiger partial charge on any atom is 0.343 e. The van der Waals surface area contributed by atoms with Gasteiger partial charge in [-0.2, -0.15) is 0 Å². The van der Waals surface area contributed by atoms with Gasteiger partial charge in [0.25, 0.3) is 0 Å². The second kappa shape index (κ2) is 10.3. The zero-order valence-corrected chi connectivity index (χ0v) is 15.5. The van der Waals surface area contributed by atoms with Crippen molar-refractivity contribution >= 4 is 11.9 Å². The topological polar surface area (TPSA) is 82.1 Å². The van der Waals surface area contributed by atoms with Crippen LogP contribution < -0.4 is 9.47 Å². The molecule has 0 amide bonds. The molecule has 0 aliphatic heterocycles. The second-order valence-corrected chi connectivity index (χ2v) is 6.33. The number of hydrogen-bond acceptors (Lipinski definition) is 6. The standard InChI is InChI=1S/C21H24O6/c1-15(2)11-13-25-18-7-3-17(4-8-18)21(24)27-19-9-5-16(6-10-19)20(23)26-14-12-22/h3-10,15,22H,11-14H2,1-2H3. The third-order valence-electron chi connectivity index (χ3n) is 3.68. The SMILES string of the molecule is CC(C)CCOc1ccc(C(=O)Oc2ccc(C(=O)OCCO)cc2)cc1. The van der Waals surface area contributed by atoms with Crippen molar-refractivity contribution in [2.24, 2.45) is 5.92 Å². The van der Waals surface area contributed by atoms with Crippen LogP contribution in [-0.2, 0) is 4.74 Å². The van der Waals surface area contributed by atoms with Crippen LogP contribution >= 0.6 is 0 Å². The third-order valence-corrected chi connectivity index (χ3v) is 3.68. The van der Waals surface area contributed by atoms with Crippen molar-refractivity contribution in [2.45, 2.75) is 20.3 Å². The average molecular weight is 372 g/mol. The van der Waals surface area contributed by atoms with Crippen molar-refractivity contribution in [3.63, 3.8) is 0 Å². The first-order valence-corrected chi connectivity index (χ1v) is 8.82. The van der Waals surface area contributed by atoms with Gasteiger partial charge in [0.1, 0.15) is 18.1 Å². The molecule has 2 aromatic rings. The van der Waals surface area contributed by atoms with Gasteiger partial charge in [-0.15, -0.1) is 0 Å². The van der Waals surface area contributed by atoms with Gasteiger partial charge in [0.2, 0.25) is 0 Å². The first kappa shape index (κ1) is 20.5. The number of hydrogen-bond donors (Lipinski definition) is 1. The van der Waals surface area contributed by atoms with Gasteiger partial charge in [0.05, 0.1) is 24.3 Å². The zero-order chi connectivity index (χ0) is 19.6. The van der Waals surface area contributed by atoms with Crippen LogP contribution in [0.3, 0.4) is 0 Å². The van der Waals surface area contributed by atoms with Crippen molar-refractivity contribution < 1.29 is 28.9 Å². The number of carbonyl (C=O) groups excluding carboxylic acids is 2. The van der Waals surface area contributed by atoms with Crippen molar-refractivity contribution in [3.8, 4) is 11.5 Å². The average Bonchev–Trinajstić information content (AvgIpc) is 2.67. The van der Waals surface area contributed by atoms with E-state index in [0.717, 1.165) is 6.42 Å². The normalized spacial score (nSPS) is 10.5. The quantitative estimate of drug-likeness (QED) is 0.536. The Morgan fingerprint density at radius 1 is 0.852 bits per heavy atom. The molecule has 0 saturated carbocycles. The molecule has 2 rings (SSSR count). The number of rotatable bonds is 9. The second-order valence-electron chi connectivity index (χ2n) is 6.33. The van der Waals surface area contributed by atoms with Crippen LogP contribution in [0.1, 0.15) is 41.0 Å². The minimum Gasteiger partial charge on any atom is -0.494 e. The van der Waals surface area contributed by atoms with Crippen LogP contribution in [0.2, 0.25) is 0 Å². The van der Waals surface area contributed by atoms with Gasteiger partial charge in [-0.1, -0.05) is 13.8 Å². The van der Waals surface area contributed by atoms with Gasteiger partial charge in [-0.3, -0.25) is 0 Å². The van der Waals surface area contributed by atoms with Crippen LogP contribution in [0.25, 0.3) is 0 Å². The summed E-state index contributed by atoms with van der Waals surface area (Å²) in [7, 11) is 0. The first-order valence-electron chi connectivity index (χ1n) is 8.82. The molecule has 1 N–H and O–H groups in total. The van der Waals surface area contributed by atoms with E-state index >= 15 is 0 Å². The molecule has 0 spiro atoms. The van der Waals surface area contributed by atoms with Crippen LogP contribution in [0, 0.1) is 5.92 Å². The number of carbonyl (C=O) groups is 2. The molecule has 6 heteroatoms. The summed E-state index contributed by atoms with van der Waals surface area (Å²) in [6.07, 6.45) is 0.966. The van der Waals surface area contributed by atoms with E-state index in [4.69, 9.17) is 19.3 Å². The summed E-state index contributed by atoms with van der Waals surface area (Å²) in [5, 5.41) is 8.65. The highest BCUT2D eigenvalue weighted by molar-refractivity contribution is 5.92. The Morgan fingerprint density at radius 3 is 1.96 bits per heavy atom. The van der Waals surface area contributed by atoms with E-state index in [9.17, 15) is 9.59 Å².